The lowest BCUT2D eigenvalue weighted by Crippen LogP contribution is -2.19. The Bertz CT molecular complexity index is 780. The fourth-order valence-electron chi connectivity index (χ4n) is 2.83. The number of hydrogen-bond donors (Lipinski definition) is 0. The van der Waals surface area contributed by atoms with E-state index in [0.717, 1.165) is 29.1 Å². The Morgan fingerprint density at radius 3 is 2.07 bits per heavy atom. The van der Waals surface area contributed by atoms with Gasteiger partial charge in [-0.1, -0.05) is 61.2 Å². The molecule has 0 amide bonds. The Balaban J connectivity index is 3.34. The van der Waals surface area contributed by atoms with Crippen molar-refractivity contribution in [1.82, 2.24) is 0 Å². The van der Waals surface area contributed by atoms with Gasteiger partial charge in [-0.3, -0.25) is 0 Å². The van der Waals surface area contributed by atoms with Crippen LogP contribution in [0.15, 0.2) is 109 Å². The molecule has 0 spiro atoms. The third-order valence-corrected chi connectivity index (χ3v) is 4.30. The van der Waals surface area contributed by atoms with Gasteiger partial charge < -0.3 is 4.90 Å². The van der Waals surface area contributed by atoms with E-state index in [-0.39, 0.29) is 0 Å². The number of rotatable bonds is 9. The minimum absolute atomic E-state index is 0.903. The predicted molar refractivity (Wildman–Crippen MR) is 123 cm³/mol. The molecule has 0 unspecified atom stereocenters. The molecule has 0 heterocycles. The van der Waals surface area contributed by atoms with Crippen LogP contribution >= 0.6 is 0 Å². The summed E-state index contributed by atoms with van der Waals surface area (Å²) in [5.74, 6) is 0. The topological polar surface area (TPSA) is 3.24 Å². The van der Waals surface area contributed by atoms with Crippen LogP contribution in [0.4, 0.5) is 5.69 Å². The van der Waals surface area contributed by atoms with Crippen LogP contribution in [0.25, 0.3) is 0 Å². The quantitative estimate of drug-likeness (QED) is 0.409. The van der Waals surface area contributed by atoms with Crippen molar-refractivity contribution in [3.05, 3.63) is 114 Å². The standard InChI is InChI=1S/C26H33N/c1-8-13-15-25(12-5)27(24(11-4)14-9-2)26-18-16-22(17-19-26)20-23(10-3)21(6)7/h8-19H,5-6,20H2,1-4,7H3/b13-8-,14-9-,23-10-,24-11+,25-15+. The molecule has 0 atom stereocenters. The average molecular weight is 360 g/mol. The number of benzene rings is 1. The lowest BCUT2D eigenvalue weighted by molar-refractivity contribution is 1.11. The minimum Gasteiger partial charge on any atom is -0.311 e. The van der Waals surface area contributed by atoms with E-state index in [1.807, 2.05) is 32.1 Å². The molecule has 1 rings (SSSR count). The monoisotopic (exact) mass is 359 g/mol. The zero-order valence-corrected chi connectivity index (χ0v) is 17.5. The van der Waals surface area contributed by atoms with E-state index >= 15 is 0 Å². The molecule has 1 aromatic carbocycles. The van der Waals surface area contributed by atoms with Crippen LogP contribution in [0.3, 0.4) is 0 Å². The summed E-state index contributed by atoms with van der Waals surface area (Å²) in [4.78, 5) is 2.21. The molecule has 0 bridgehead atoms. The maximum Gasteiger partial charge on any atom is 0.0461 e. The molecule has 0 saturated heterocycles. The van der Waals surface area contributed by atoms with Gasteiger partial charge in [0.25, 0.3) is 0 Å². The van der Waals surface area contributed by atoms with Crippen molar-refractivity contribution in [3.63, 3.8) is 0 Å². The Morgan fingerprint density at radius 1 is 0.963 bits per heavy atom. The molecule has 0 aliphatic carbocycles. The SMILES string of the molecule is C=C/C(=C\C=C/C)N(C(/C=C\C)=C/C)c1ccc(C/C(=C/C)C(=C)C)cc1. The van der Waals surface area contributed by atoms with Crippen LogP contribution in [-0.4, -0.2) is 0 Å². The maximum absolute atomic E-state index is 4.07. The third-order valence-electron chi connectivity index (χ3n) is 4.30. The molecule has 1 nitrogen and oxygen atoms in total. The Kier molecular flexibility index (Phi) is 9.68. The average Bonchev–Trinajstić information content (AvgIpc) is 2.68. The van der Waals surface area contributed by atoms with E-state index in [1.165, 1.54) is 11.1 Å². The van der Waals surface area contributed by atoms with E-state index in [4.69, 9.17) is 0 Å². The van der Waals surface area contributed by atoms with Crippen molar-refractivity contribution < 1.29 is 0 Å². The van der Waals surface area contributed by atoms with Crippen molar-refractivity contribution in [2.45, 2.75) is 41.0 Å². The highest BCUT2D eigenvalue weighted by atomic mass is 15.1. The summed E-state index contributed by atoms with van der Waals surface area (Å²) in [5.41, 5.74) is 6.93. The van der Waals surface area contributed by atoms with E-state index in [0.29, 0.717) is 0 Å². The van der Waals surface area contributed by atoms with E-state index in [9.17, 15) is 0 Å². The molecule has 1 aromatic rings. The van der Waals surface area contributed by atoms with Crippen molar-refractivity contribution in [3.8, 4) is 0 Å². The first-order valence-corrected chi connectivity index (χ1v) is 9.46. The normalized spacial score (nSPS) is 13.4. The molecular weight excluding hydrogens is 326 g/mol. The molecule has 0 N–H and O–H groups in total. The zero-order valence-electron chi connectivity index (χ0n) is 17.5. The van der Waals surface area contributed by atoms with Gasteiger partial charge in [0, 0.05) is 17.1 Å². The van der Waals surface area contributed by atoms with Gasteiger partial charge in [-0.05, 0) is 82.5 Å². The third kappa shape index (κ3) is 6.45. The highest BCUT2D eigenvalue weighted by Gasteiger charge is 2.13. The van der Waals surface area contributed by atoms with E-state index in [1.54, 1.807) is 0 Å². The van der Waals surface area contributed by atoms with Crippen molar-refractivity contribution in [1.29, 1.82) is 0 Å². The smallest absolute Gasteiger partial charge is 0.0461 e. The van der Waals surface area contributed by atoms with Gasteiger partial charge in [-0.25, -0.2) is 0 Å². The maximum atomic E-state index is 4.07. The Hall–Kier alpha value is -2.80. The Morgan fingerprint density at radius 2 is 1.63 bits per heavy atom. The van der Waals surface area contributed by atoms with E-state index < -0.39 is 0 Å². The van der Waals surface area contributed by atoms with Gasteiger partial charge in [-0.2, -0.15) is 0 Å². The zero-order chi connectivity index (χ0) is 20.2. The molecular formula is C26H33N. The van der Waals surface area contributed by atoms with Crippen LogP contribution in [0.2, 0.25) is 0 Å². The fraction of sp³-hybridized carbons (Fsp3) is 0.231. The summed E-state index contributed by atoms with van der Waals surface area (Å²) in [6, 6.07) is 8.71. The Labute approximate surface area is 166 Å². The summed E-state index contributed by atoms with van der Waals surface area (Å²) in [7, 11) is 0. The lowest BCUT2D eigenvalue weighted by Gasteiger charge is -2.27. The van der Waals surface area contributed by atoms with Crippen molar-refractivity contribution in [2.24, 2.45) is 0 Å². The van der Waals surface area contributed by atoms with Crippen LogP contribution in [0.1, 0.15) is 40.2 Å². The van der Waals surface area contributed by atoms with Crippen molar-refractivity contribution in [2.75, 3.05) is 4.90 Å². The second-order valence-corrected chi connectivity index (χ2v) is 6.31. The summed E-state index contributed by atoms with van der Waals surface area (Å²) >= 11 is 0. The molecule has 0 saturated carbocycles. The van der Waals surface area contributed by atoms with Gasteiger partial charge in [0.15, 0.2) is 0 Å². The number of hydrogen-bond acceptors (Lipinski definition) is 1. The number of allylic oxidation sites excluding steroid dienone is 10. The molecule has 27 heavy (non-hydrogen) atoms. The van der Waals surface area contributed by atoms with Crippen molar-refractivity contribution >= 4 is 5.69 Å². The first-order chi connectivity index (χ1) is 13.0. The summed E-state index contributed by atoms with van der Waals surface area (Å²) in [6.45, 7) is 18.3. The fourth-order valence-corrected chi connectivity index (χ4v) is 2.83. The van der Waals surface area contributed by atoms with Gasteiger partial charge >= 0.3 is 0 Å². The first kappa shape index (κ1) is 22.2. The van der Waals surface area contributed by atoms with E-state index in [2.05, 4.69) is 93.5 Å². The molecule has 0 aliphatic heterocycles. The predicted octanol–water partition coefficient (Wildman–Crippen LogP) is 7.68. The van der Waals surface area contributed by atoms with Crippen LogP contribution in [-0.2, 0) is 6.42 Å². The second kappa shape index (κ2) is 11.7. The second-order valence-electron chi connectivity index (χ2n) is 6.31. The van der Waals surface area contributed by atoms with Gasteiger partial charge in [0.05, 0.1) is 0 Å². The highest BCUT2D eigenvalue weighted by molar-refractivity contribution is 5.63. The molecule has 1 heteroatoms. The summed E-state index contributed by atoms with van der Waals surface area (Å²) in [6.07, 6.45) is 17.3. The number of anilines is 1. The van der Waals surface area contributed by atoms with Crippen LogP contribution in [0.5, 0.6) is 0 Å². The van der Waals surface area contributed by atoms with Gasteiger partial charge in [0.1, 0.15) is 0 Å². The summed E-state index contributed by atoms with van der Waals surface area (Å²) < 4.78 is 0. The van der Waals surface area contributed by atoms with Crippen LogP contribution in [0, 0.1) is 0 Å². The molecule has 142 valence electrons. The molecule has 0 aromatic heterocycles. The number of nitrogens with zero attached hydrogens (tertiary/aromatic N) is 1. The lowest BCUT2D eigenvalue weighted by atomic mass is 9.99. The molecule has 0 radical (unpaired) electrons. The van der Waals surface area contributed by atoms with Gasteiger partial charge in [0.2, 0.25) is 0 Å². The molecule has 0 fully saturated rings. The largest absolute Gasteiger partial charge is 0.311 e. The highest BCUT2D eigenvalue weighted by Crippen LogP contribution is 2.27. The van der Waals surface area contributed by atoms with Crippen LogP contribution < -0.4 is 4.90 Å². The minimum atomic E-state index is 0.903. The molecule has 0 aliphatic rings. The van der Waals surface area contributed by atoms with Gasteiger partial charge in [-0.15, -0.1) is 0 Å². The summed E-state index contributed by atoms with van der Waals surface area (Å²) in [5, 5.41) is 0. The first-order valence-electron chi connectivity index (χ1n) is 9.46.